The Labute approximate surface area is 96.3 Å². The van der Waals surface area contributed by atoms with Gasteiger partial charge in [-0.25, -0.2) is 0 Å². The molecule has 76 valence electrons. The van der Waals surface area contributed by atoms with Crippen LogP contribution in [0.2, 0.25) is 5.02 Å². The number of ether oxygens (including phenoxy) is 1. The van der Waals surface area contributed by atoms with E-state index in [1.54, 1.807) is 12.1 Å². The van der Waals surface area contributed by atoms with Crippen LogP contribution in [0.1, 0.15) is 24.2 Å². The summed E-state index contributed by atoms with van der Waals surface area (Å²) in [5.74, 6) is 0.525. The van der Waals surface area contributed by atoms with Crippen molar-refractivity contribution < 1.29 is 9.53 Å². The summed E-state index contributed by atoms with van der Waals surface area (Å²) in [5, 5.41) is 0.497. The van der Waals surface area contributed by atoms with Crippen molar-refractivity contribution in [3.8, 4) is 5.75 Å². The zero-order valence-corrected chi connectivity index (χ0v) is 10.3. The molecule has 0 unspecified atom stereocenters. The highest BCUT2D eigenvalue weighted by atomic mass is 79.9. The van der Waals surface area contributed by atoms with Crippen LogP contribution >= 0.6 is 27.5 Å². The molecular weight excluding hydrogens is 267 g/mol. The largest absolute Gasteiger partial charge is 0.492 e. The fourth-order valence-electron chi connectivity index (χ4n) is 1.03. The summed E-state index contributed by atoms with van der Waals surface area (Å²) in [5.41, 5.74) is 0.588. The highest BCUT2D eigenvalue weighted by molar-refractivity contribution is 9.10. The molecule has 0 atom stereocenters. The van der Waals surface area contributed by atoms with Gasteiger partial charge >= 0.3 is 0 Å². The summed E-state index contributed by atoms with van der Waals surface area (Å²) < 4.78 is 5.97. The molecule has 0 aromatic heterocycles. The molecule has 0 amide bonds. The molecule has 0 fully saturated rings. The van der Waals surface area contributed by atoms with Gasteiger partial charge in [-0.3, -0.25) is 4.79 Å². The summed E-state index contributed by atoms with van der Waals surface area (Å²) in [6, 6.07) is 3.34. The minimum atomic E-state index is -0.0108. The third kappa shape index (κ3) is 2.49. The molecule has 1 aromatic rings. The number of ketones is 1. The van der Waals surface area contributed by atoms with E-state index in [2.05, 4.69) is 15.9 Å². The molecule has 0 spiro atoms. The lowest BCUT2D eigenvalue weighted by atomic mass is 10.1. The normalized spacial score (nSPS) is 10.0. The Hall–Kier alpha value is -0.540. The lowest BCUT2D eigenvalue weighted by molar-refractivity contribution is 0.101. The van der Waals surface area contributed by atoms with Gasteiger partial charge in [0, 0.05) is 10.0 Å². The Morgan fingerprint density at radius 3 is 2.71 bits per heavy atom. The zero-order valence-electron chi connectivity index (χ0n) is 7.93. The Kier molecular flexibility index (Phi) is 3.96. The topological polar surface area (TPSA) is 26.3 Å². The summed E-state index contributed by atoms with van der Waals surface area (Å²) in [7, 11) is 0. The molecule has 0 aliphatic carbocycles. The highest BCUT2D eigenvalue weighted by Crippen LogP contribution is 2.33. The van der Waals surface area contributed by atoms with Crippen LogP contribution in [0.25, 0.3) is 0 Å². The molecular formula is C10H10BrClO2. The van der Waals surface area contributed by atoms with Crippen LogP contribution in [0.5, 0.6) is 5.75 Å². The minimum absolute atomic E-state index is 0.0108. The second-order valence-electron chi connectivity index (χ2n) is 2.76. The number of rotatable bonds is 3. The van der Waals surface area contributed by atoms with Gasteiger partial charge in [0.2, 0.25) is 0 Å². The molecule has 0 N–H and O–H groups in total. The number of carbonyl (C=O) groups is 1. The van der Waals surface area contributed by atoms with Crippen LogP contribution in [0.3, 0.4) is 0 Å². The van der Waals surface area contributed by atoms with Crippen molar-refractivity contribution in [1.29, 1.82) is 0 Å². The van der Waals surface area contributed by atoms with Gasteiger partial charge in [-0.05, 0) is 41.9 Å². The lowest BCUT2D eigenvalue weighted by Crippen LogP contribution is -1.97. The number of Topliss-reactive ketones (excluding diaryl/α,β-unsaturated/α-hetero) is 1. The van der Waals surface area contributed by atoms with Crippen molar-refractivity contribution in [2.24, 2.45) is 0 Å². The van der Waals surface area contributed by atoms with Gasteiger partial charge < -0.3 is 4.74 Å². The van der Waals surface area contributed by atoms with E-state index < -0.39 is 0 Å². The van der Waals surface area contributed by atoms with Crippen molar-refractivity contribution >= 4 is 33.3 Å². The second-order valence-corrected chi connectivity index (χ2v) is 3.99. The number of benzene rings is 1. The van der Waals surface area contributed by atoms with Gasteiger partial charge in [-0.1, -0.05) is 11.6 Å². The highest BCUT2D eigenvalue weighted by Gasteiger charge is 2.10. The number of halogens is 2. The number of hydrogen-bond acceptors (Lipinski definition) is 2. The van der Waals surface area contributed by atoms with Gasteiger partial charge in [0.05, 0.1) is 11.6 Å². The summed E-state index contributed by atoms with van der Waals surface area (Å²) in [6.45, 7) is 3.89. The van der Waals surface area contributed by atoms with Crippen molar-refractivity contribution in [2.45, 2.75) is 13.8 Å². The smallest absolute Gasteiger partial charge is 0.159 e. The third-order valence-electron chi connectivity index (χ3n) is 1.70. The van der Waals surface area contributed by atoms with E-state index in [0.29, 0.717) is 27.4 Å². The van der Waals surface area contributed by atoms with Crippen LogP contribution in [-0.4, -0.2) is 12.4 Å². The minimum Gasteiger partial charge on any atom is -0.492 e. The van der Waals surface area contributed by atoms with Crippen molar-refractivity contribution in [3.63, 3.8) is 0 Å². The van der Waals surface area contributed by atoms with E-state index >= 15 is 0 Å². The van der Waals surface area contributed by atoms with Gasteiger partial charge in [0.25, 0.3) is 0 Å². The molecule has 0 heterocycles. The Morgan fingerprint density at radius 1 is 1.57 bits per heavy atom. The third-order valence-corrected chi connectivity index (χ3v) is 2.94. The molecule has 0 aliphatic rings. The Morgan fingerprint density at radius 2 is 2.21 bits per heavy atom. The molecule has 0 saturated heterocycles. The fraction of sp³-hybridized carbons (Fsp3) is 0.300. The second kappa shape index (κ2) is 4.80. The van der Waals surface area contributed by atoms with Crippen LogP contribution in [-0.2, 0) is 0 Å². The lowest BCUT2D eigenvalue weighted by Gasteiger charge is -2.08. The summed E-state index contributed by atoms with van der Waals surface area (Å²) in [6.07, 6.45) is 0. The molecule has 1 rings (SSSR count). The first kappa shape index (κ1) is 11.5. The number of hydrogen-bond donors (Lipinski definition) is 0. The molecule has 0 aliphatic heterocycles. The quantitative estimate of drug-likeness (QED) is 0.787. The predicted molar refractivity (Wildman–Crippen MR) is 60.3 cm³/mol. The van der Waals surface area contributed by atoms with E-state index in [1.807, 2.05) is 6.92 Å². The van der Waals surface area contributed by atoms with Gasteiger partial charge in [0.1, 0.15) is 5.75 Å². The Balaban J connectivity index is 3.20. The molecule has 0 radical (unpaired) electrons. The van der Waals surface area contributed by atoms with E-state index in [1.165, 1.54) is 6.92 Å². The summed E-state index contributed by atoms with van der Waals surface area (Å²) in [4.78, 5) is 11.1. The van der Waals surface area contributed by atoms with Crippen molar-refractivity contribution in [2.75, 3.05) is 6.61 Å². The van der Waals surface area contributed by atoms with Crippen LogP contribution in [0.15, 0.2) is 16.6 Å². The molecule has 1 aromatic carbocycles. The first-order valence-electron chi connectivity index (χ1n) is 4.19. The first-order valence-corrected chi connectivity index (χ1v) is 5.36. The van der Waals surface area contributed by atoms with E-state index in [0.717, 1.165) is 0 Å². The van der Waals surface area contributed by atoms with Gasteiger partial charge in [-0.2, -0.15) is 0 Å². The SMILES string of the molecule is CCOc1cc(C(C)=O)cc(Br)c1Cl. The fourth-order valence-corrected chi connectivity index (χ4v) is 1.63. The maximum Gasteiger partial charge on any atom is 0.159 e. The predicted octanol–water partition coefficient (Wildman–Crippen LogP) is 3.70. The summed E-state index contributed by atoms with van der Waals surface area (Å²) >= 11 is 9.24. The van der Waals surface area contributed by atoms with Crippen molar-refractivity contribution in [1.82, 2.24) is 0 Å². The van der Waals surface area contributed by atoms with E-state index in [4.69, 9.17) is 16.3 Å². The number of carbonyl (C=O) groups excluding carboxylic acids is 1. The van der Waals surface area contributed by atoms with Crippen LogP contribution in [0, 0.1) is 0 Å². The van der Waals surface area contributed by atoms with E-state index in [-0.39, 0.29) is 5.78 Å². The monoisotopic (exact) mass is 276 g/mol. The van der Waals surface area contributed by atoms with Crippen LogP contribution < -0.4 is 4.74 Å². The molecule has 4 heteroatoms. The first-order chi connectivity index (χ1) is 6.56. The molecule has 14 heavy (non-hydrogen) atoms. The molecule has 0 saturated carbocycles. The van der Waals surface area contributed by atoms with Crippen molar-refractivity contribution in [3.05, 3.63) is 27.2 Å². The van der Waals surface area contributed by atoms with E-state index in [9.17, 15) is 4.79 Å². The Bertz CT molecular complexity index is 363. The van der Waals surface area contributed by atoms with Crippen LogP contribution in [0.4, 0.5) is 0 Å². The maximum atomic E-state index is 11.1. The average Bonchev–Trinajstić information content (AvgIpc) is 2.12. The van der Waals surface area contributed by atoms with Gasteiger partial charge in [0.15, 0.2) is 5.78 Å². The average molecular weight is 278 g/mol. The van der Waals surface area contributed by atoms with Gasteiger partial charge in [-0.15, -0.1) is 0 Å². The zero-order chi connectivity index (χ0) is 10.7. The molecule has 2 nitrogen and oxygen atoms in total. The standard InChI is InChI=1S/C10H10BrClO2/c1-3-14-9-5-7(6(2)13)4-8(11)10(9)12/h4-5H,3H2,1-2H3. The molecule has 0 bridgehead atoms. The maximum absolute atomic E-state index is 11.1.